The maximum absolute atomic E-state index is 5.14. The van der Waals surface area contributed by atoms with Gasteiger partial charge >= 0.3 is 0 Å². The summed E-state index contributed by atoms with van der Waals surface area (Å²) in [5.41, 5.74) is 5.32. The fourth-order valence-corrected chi connectivity index (χ4v) is 5.24. The van der Waals surface area contributed by atoms with Gasteiger partial charge in [-0.25, -0.2) is 9.97 Å². The van der Waals surface area contributed by atoms with Gasteiger partial charge in [-0.3, -0.25) is 0 Å². The molecule has 5 heteroatoms. The third kappa shape index (κ3) is 3.58. The van der Waals surface area contributed by atoms with Crippen LogP contribution in [0.2, 0.25) is 0 Å². The summed E-state index contributed by atoms with van der Waals surface area (Å²) in [5.74, 6) is 3.40. The molecule has 5 nitrogen and oxygen atoms in total. The summed E-state index contributed by atoms with van der Waals surface area (Å²) in [4.78, 5) is 17.3. The zero-order chi connectivity index (χ0) is 21.7. The molecule has 32 heavy (non-hydrogen) atoms. The Kier molecular flexibility index (Phi) is 4.93. The van der Waals surface area contributed by atoms with Crippen LogP contribution in [0.15, 0.2) is 42.5 Å². The molecule has 1 aliphatic carbocycles. The van der Waals surface area contributed by atoms with E-state index in [1.807, 2.05) is 0 Å². The van der Waals surface area contributed by atoms with Gasteiger partial charge in [0.25, 0.3) is 0 Å². The molecule has 2 aliphatic heterocycles. The first-order chi connectivity index (χ1) is 15.7. The molecule has 166 valence electrons. The molecule has 2 saturated heterocycles. The van der Waals surface area contributed by atoms with Crippen molar-refractivity contribution in [3.05, 3.63) is 53.9 Å². The number of benzene rings is 2. The molecule has 0 bridgehead atoms. The molecule has 3 fully saturated rings. The molecule has 0 unspecified atom stereocenters. The average Bonchev–Trinajstić information content (AvgIpc) is 3.63. The first kappa shape index (κ1) is 19.8. The van der Waals surface area contributed by atoms with Crippen LogP contribution in [0.3, 0.4) is 0 Å². The van der Waals surface area contributed by atoms with Crippen LogP contribution in [0, 0.1) is 0 Å². The Balaban J connectivity index is 1.29. The van der Waals surface area contributed by atoms with Crippen molar-refractivity contribution in [3.63, 3.8) is 0 Å². The standard InChI is InChI=1S/C27H33N5/c1-30(2)21-10-11-24-23(18-21)27(29-26(28-24)20-8-9-20)32-16-12-19(13-17-32)22-6-3-4-7-25(22)31-14-5-15-31/h3-4,6-7,10-11,18-20H,5,8-9,12-17H2,1-2H3. The number of nitrogens with zero attached hydrogens (tertiary/aromatic N) is 5. The van der Waals surface area contributed by atoms with Gasteiger partial charge < -0.3 is 14.7 Å². The zero-order valence-electron chi connectivity index (χ0n) is 19.3. The van der Waals surface area contributed by atoms with E-state index < -0.39 is 0 Å². The number of aromatic nitrogens is 2. The van der Waals surface area contributed by atoms with Crippen molar-refractivity contribution < 1.29 is 0 Å². The van der Waals surface area contributed by atoms with Crippen molar-refractivity contribution in [2.45, 2.75) is 43.9 Å². The summed E-state index contributed by atoms with van der Waals surface area (Å²) in [5, 5.41) is 1.19. The number of hydrogen-bond acceptors (Lipinski definition) is 5. The van der Waals surface area contributed by atoms with Crippen LogP contribution < -0.4 is 14.7 Å². The van der Waals surface area contributed by atoms with Gasteiger partial charge in [0.05, 0.1) is 5.52 Å². The van der Waals surface area contributed by atoms with E-state index in [-0.39, 0.29) is 0 Å². The van der Waals surface area contributed by atoms with Crippen LogP contribution in [0.4, 0.5) is 17.2 Å². The van der Waals surface area contributed by atoms with Crippen molar-refractivity contribution in [3.8, 4) is 0 Å². The first-order valence-corrected chi connectivity index (χ1v) is 12.3. The summed E-state index contributed by atoms with van der Waals surface area (Å²) in [6.45, 7) is 4.53. The molecule has 3 aliphatic rings. The third-order valence-electron chi connectivity index (χ3n) is 7.50. The topological polar surface area (TPSA) is 35.5 Å². The van der Waals surface area contributed by atoms with Gasteiger partial charge in [0.1, 0.15) is 11.6 Å². The Labute approximate surface area is 191 Å². The molecule has 1 saturated carbocycles. The monoisotopic (exact) mass is 427 g/mol. The van der Waals surface area contributed by atoms with Crippen LogP contribution in [-0.2, 0) is 0 Å². The van der Waals surface area contributed by atoms with Gasteiger partial charge in [-0.1, -0.05) is 18.2 Å². The Morgan fingerprint density at radius 2 is 1.59 bits per heavy atom. The highest BCUT2D eigenvalue weighted by Gasteiger charge is 2.30. The number of fused-ring (bicyclic) bond motifs is 1. The summed E-state index contributed by atoms with van der Waals surface area (Å²) in [6.07, 6.45) is 6.16. The molecule has 3 aromatic rings. The number of para-hydroxylation sites is 1. The normalized spacial score (nSPS) is 19.3. The molecule has 1 aromatic heterocycles. The minimum Gasteiger partial charge on any atom is -0.378 e. The van der Waals surface area contributed by atoms with Gasteiger partial charge in [0.2, 0.25) is 0 Å². The molecular formula is C27H33N5. The molecule has 0 radical (unpaired) electrons. The minimum atomic E-state index is 0.563. The van der Waals surface area contributed by atoms with Crippen molar-refractivity contribution >= 4 is 28.1 Å². The van der Waals surface area contributed by atoms with Crippen molar-refractivity contribution in [2.75, 3.05) is 55.0 Å². The Bertz CT molecular complexity index is 1120. The Morgan fingerprint density at radius 3 is 2.28 bits per heavy atom. The lowest BCUT2D eigenvalue weighted by Gasteiger charge is -2.39. The number of piperidine rings is 1. The summed E-state index contributed by atoms with van der Waals surface area (Å²) in [6, 6.07) is 15.7. The van der Waals surface area contributed by atoms with E-state index >= 15 is 0 Å². The Hall–Kier alpha value is -2.82. The summed E-state index contributed by atoms with van der Waals surface area (Å²) < 4.78 is 0. The maximum atomic E-state index is 5.14. The van der Waals surface area contributed by atoms with Crippen LogP contribution in [0.5, 0.6) is 0 Å². The SMILES string of the molecule is CN(C)c1ccc2nc(C3CC3)nc(N3CCC(c4ccccc4N4CCC4)CC3)c2c1. The number of anilines is 3. The molecule has 0 N–H and O–H groups in total. The quantitative estimate of drug-likeness (QED) is 0.561. The molecular weight excluding hydrogens is 394 g/mol. The molecule has 6 rings (SSSR count). The third-order valence-corrected chi connectivity index (χ3v) is 7.50. The summed E-state index contributed by atoms with van der Waals surface area (Å²) in [7, 11) is 4.20. The number of rotatable bonds is 5. The minimum absolute atomic E-state index is 0.563. The molecule has 0 spiro atoms. The van der Waals surface area contributed by atoms with E-state index in [1.165, 1.54) is 62.0 Å². The molecule has 0 amide bonds. The van der Waals surface area contributed by atoms with Crippen LogP contribution in [0.1, 0.15) is 55.3 Å². The Morgan fingerprint density at radius 1 is 0.812 bits per heavy atom. The largest absolute Gasteiger partial charge is 0.378 e. The summed E-state index contributed by atoms with van der Waals surface area (Å²) >= 11 is 0. The van der Waals surface area contributed by atoms with Gasteiger partial charge in [-0.15, -0.1) is 0 Å². The molecule has 3 heterocycles. The predicted molar refractivity (Wildman–Crippen MR) is 133 cm³/mol. The zero-order valence-corrected chi connectivity index (χ0v) is 19.3. The van der Waals surface area contributed by atoms with Gasteiger partial charge in [-0.2, -0.15) is 0 Å². The molecule has 2 aromatic carbocycles. The maximum Gasteiger partial charge on any atom is 0.140 e. The number of hydrogen-bond donors (Lipinski definition) is 0. The van der Waals surface area contributed by atoms with E-state index in [9.17, 15) is 0 Å². The fourth-order valence-electron chi connectivity index (χ4n) is 5.24. The van der Waals surface area contributed by atoms with Crippen molar-refractivity contribution in [2.24, 2.45) is 0 Å². The van der Waals surface area contributed by atoms with Crippen molar-refractivity contribution in [1.29, 1.82) is 0 Å². The van der Waals surface area contributed by atoms with Gasteiger partial charge in [0, 0.05) is 63.0 Å². The highest BCUT2D eigenvalue weighted by molar-refractivity contribution is 5.92. The second-order valence-corrected chi connectivity index (χ2v) is 9.94. The second kappa shape index (κ2) is 7.95. The van der Waals surface area contributed by atoms with E-state index in [1.54, 1.807) is 5.56 Å². The lowest BCUT2D eigenvalue weighted by atomic mass is 9.87. The average molecular weight is 428 g/mol. The fraction of sp³-hybridized carbons (Fsp3) is 0.481. The molecule has 0 atom stereocenters. The van der Waals surface area contributed by atoms with Gasteiger partial charge in [-0.05, 0) is 67.9 Å². The van der Waals surface area contributed by atoms with E-state index in [2.05, 4.69) is 71.3 Å². The predicted octanol–water partition coefficient (Wildman–Crippen LogP) is 5.17. The van der Waals surface area contributed by atoms with Crippen LogP contribution in [-0.4, -0.2) is 50.2 Å². The van der Waals surface area contributed by atoms with Crippen LogP contribution in [0.25, 0.3) is 10.9 Å². The first-order valence-electron chi connectivity index (χ1n) is 12.3. The highest BCUT2D eigenvalue weighted by atomic mass is 15.2. The highest BCUT2D eigenvalue weighted by Crippen LogP contribution is 2.42. The smallest absolute Gasteiger partial charge is 0.140 e. The lowest BCUT2D eigenvalue weighted by molar-refractivity contribution is 0.499. The van der Waals surface area contributed by atoms with E-state index in [0.29, 0.717) is 11.8 Å². The second-order valence-electron chi connectivity index (χ2n) is 9.94. The van der Waals surface area contributed by atoms with Crippen LogP contribution >= 0.6 is 0 Å². The van der Waals surface area contributed by atoms with Crippen molar-refractivity contribution in [1.82, 2.24) is 9.97 Å². The van der Waals surface area contributed by atoms with E-state index in [4.69, 9.17) is 9.97 Å². The lowest BCUT2D eigenvalue weighted by Crippen LogP contribution is -2.39. The van der Waals surface area contributed by atoms with E-state index in [0.717, 1.165) is 30.2 Å². The van der Waals surface area contributed by atoms with Gasteiger partial charge in [0.15, 0.2) is 0 Å².